The van der Waals surface area contributed by atoms with E-state index in [1.807, 2.05) is 72.8 Å². The summed E-state index contributed by atoms with van der Waals surface area (Å²) in [5.74, 6) is 1.64. The van der Waals surface area contributed by atoms with Crippen LogP contribution in [0.3, 0.4) is 0 Å². The average molecular weight is 733 g/mol. The number of pyridine rings is 1. The largest absolute Gasteiger partial charge is 0.456 e. The number of furan rings is 3. The quantitative estimate of drug-likeness (QED) is 0.174. The lowest BCUT2D eigenvalue weighted by atomic mass is 9.92. The molecule has 0 radical (unpaired) electrons. The second-order valence-corrected chi connectivity index (χ2v) is 14.2. The zero-order chi connectivity index (χ0) is 37.5. The standard InChI is InChI=1S/C50H28N4O3/c1-4-14-40-34(10-1)35-23-22-31(27-44(35)56-40)49-52-48(53-50(54-49)32-9-8-26-51-28-32)30-20-18-29(19-21-30)33-24-25-37(46-39-12-3-6-16-42(39)57-47(33)46)36-13-7-17-43-45(36)38-11-2-5-15-41(38)55-43/h1-28H. The summed E-state index contributed by atoms with van der Waals surface area (Å²) in [6.45, 7) is 0. The molecule has 0 spiro atoms. The summed E-state index contributed by atoms with van der Waals surface area (Å²) in [5.41, 5.74) is 11.7. The molecular formula is C50H28N4O3. The molecule has 0 aliphatic heterocycles. The van der Waals surface area contributed by atoms with Crippen LogP contribution in [0.1, 0.15) is 0 Å². The minimum atomic E-state index is 0.539. The van der Waals surface area contributed by atoms with E-state index in [9.17, 15) is 0 Å². The van der Waals surface area contributed by atoms with Crippen molar-refractivity contribution in [2.75, 3.05) is 0 Å². The Morgan fingerprint density at radius 2 is 0.895 bits per heavy atom. The summed E-state index contributed by atoms with van der Waals surface area (Å²) in [6.07, 6.45) is 3.51. The third kappa shape index (κ3) is 4.99. The molecule has 7 nitrogen and oxygen atoms in total. The molecule has 0 N–H and O–H groups in total. The molecule has 0 unspecified atom stereocenters. The van der Waals surface area contributed by atoms with Crippen molar-refractivity contribution in [2.45, 2.75) is 0 Å². The molecule has 0 atom stereocenters. The second kappa shape index (κ2) is 12.3. The van der Waals surface area contributed by atoms with Gasteiger partial charge in [-0.1, -0.05) is 103 Å². The fourth-order valence-corrected chi connectivity index (χ4v) is 8.20. The smallest absolute Gasteiger partial charge is 0.165 e. The molecular weight excluding hydrogens is 705 g/mol. The highest BCUT2D eigenvalue weighted by atomic mass is 16.3. The first kappa shape index (κ1) is 31.5. The Labute approximate surface area is 324 Å². The van der Waals surface area contributed by atoms with Crippen LogP contribution < -0.4 is 0 Å². The van der Waals surface area contributed by atoms with Gasteiger partial charge in [-0.2, -0.15) is 0 Å². The maximum atomic E-state index is 6.71. The molecule has 57 heavy (non-hydrogen) atoms. The van der Waals surface area contributed by atoms with Gasteiger partial charge in [0.15, 0.2) is 17.5 Å². The summed E-state index contributed by atoms with van der Waals surface area (Å²) in [6, 6.07) is 53.4. The van der Waals surface area contributed by atoms with Crippen LogP contribution >= 0.6 is 0 Å². The van der Waals surface area contributed by atoms with Crippen molar-refractivity contribution < 1.29 is 13.3 Å². The van der Waals surface area contributed by atoms with Crippen LogP contribution in [0.15, 0.2) is 183 Å². The molecule has 7 heteroatoms. The molecule has 12 rings (SSSR count). The van der Waals surface area contributed by atoms with Crippen molar-refractivity contribution in [1.82, 2.24) is 19.9 Å². The van der Waals surface area contributed by atoms with Crippen LogP contribution in [0.4, 0.5) is 0 Å². The topological polar surface area (TPSA) is 91.0 Å². The molecule has 12 aromatic rings. The fourth-order valence-electron chi connectivity index (χ4n) is 8.20. The first-order valence-electron chi connectivity index (χ1n) is 18.8. The van der Waals surface area contributed by atoms with Gasteiger partial charge in [0.2, 0.25) is 0 Å². The lowest BCUT2D eigenvalue weighted by molar-refractivity contribution is 0.668. The zero-order valence-corrected chi connectivity index (χ0v) is 30.2. The van der Waals surface area contributed by atoms with Crippen LogP contribution in [0.2, 0.25) is 0 Å². The van der Waals surface area contributed by atoms with E-state index in [0.29, 0.717) is 17.5 Å². The van der Waals surface area contributed by atoms with E-state index in [0.717, 1.165) is 105 Å². The molecule has 0 saturated heterocycles. The Balaban J connectivity index is 0.991. The summed E-state index contributed by atoms with van der Waals surface area (Å²) in [7, 11) is 0. The number of fused-ring (bicyclic) bond motifs is 9. The van der Waals surface area contributed by atoms with E-state index < -0.39 is 0 Å². The van der Waals surface area contributed by atoms with Gasteiger partial charge < -0.3 is 13.3 Å². The molecule has 0 bridgehead atoms. The van der Waals surface area contributed by atoms with Crippen LogP contribution in [0, 0.1) is 0 Å². The van der Waals surface area contributed by atoms with Gasteiger partial charge in [-0.05, 0) is 71.3 Å². The van der Waals surface area contributed by atoms with Crippen molar-refractivity contribution in [2.24, 2.45) is 0 Å². The van der Waals surface area contributed by atoms with Gasteiger partial charge in [0.1, 0.15) is 33.5 Å². The number of aromatic nitrogens is 4. The van der Waals surface area contributed by atoms with Crippen molar-refractivity contribution in [1.29, 1.82) is 0 Å². The Bertz CT molecular complexity index is 3530. The number of benzene rings is 7. The van der Waals surface area contributed by atoms with E-state index in [4.69, 9.17) is 28.2 Å². The molecule has 7 aromatic carbocycles. The minimum absolute atomic E-state index is 0.539. The predicted molar refractivity (Wildman–Crippen MR) is 227 cm³/mol. The molecule has 0 aliphatic carbocycles. The van der Waals surface area contributed by atoms with Gasteiger partial charge in [0, 0.05) is 67.0 Å². The predicted octanol–water partition coefficient (Wildman–Crippen LogP) is 13.3. The molecule has 0 amide bonds. The Kier molecular flexibility index (Phi) is 6.79. The molecule has 5 aromatic heterocycles. The minimum Gasteiger partial charge on any atom is -0.456 e. The summed E-state index contributed by atoms with van der Waals surface area (Å²) >= 11 is 0. The zero-order valence-electron chi connectivity index (χ0n) is 30.2. The first-order chi connectivity index (χ1) is 28.2. The highest BCUT2D eigenvalue weighted by molar-refractivity contribution is 6.21. The van der Waals surface area contributed by atoms with Crippen molar-refractivity contribution in [3.63, 3.8) is 0 Å². The maximum Gasteiger partial charge on any atom is 0.165 e. The van der Waals surface area contributed by atoms with Gasteiger partial charge >= 0.3 is 0 Å². The van der Waals surface area contributed by atoms with Crippen LogP contribution in [-0.2, 0) is 0 Å². The fraction of sp³-hybridized carbons (Fsp3) is 0. The summed E-state index contributed by atoms with van der Waals surface area (Å²) in [5, 5.41) is 6.43. The number of hydrogen-bond acceptors (Lipinski definition) is 7. The molecule has 5 heterocycles. The van der Waals surface area contributed by atoms with Gasteiger partial charge in [-0.15, -0.1) is 0 Å². The molecule has 0 aliphatic rings. The molecule has 266 valence electrons. The summed E-state index contributed by atoms with van der Waals surface area (Å²) < 4.78 is 19.2. The Morgan fingerprint density at radius 3 is 1.67 bits per heavy atom. The normalized spacial score (nSPS) is 11.9. The van der Waals surface area contributed by atoms with Crippen LogP contribution in [0.5, 0.6) is 0 Å². The van der Waals surface area contributed by atoms with E-state index in [-0.39, 0.29) is 0 Å². The van der Waals surface area contributed by atoms with E-state index in [1.165, 1.54) is 0 Å². The van der Waals surface area contributed by atoms with Gasteiger partial charge in [-0.25, -0.2) is 15.0 Å². The van der Waals surface area contributed by atoms with Crippen LogP contribution in [0.25, 0.3) is 122 Å². The Hall–Kier alpha value is -7.90. The monoisotopic (exact) mass is 732 g/mol. The number of hydrogen-bond donors (Lipinski definition) is 0. The second-order valence-electron chi connectivity index (χ2n) is 14.2. The van der Waals surface area contributed by atoms with Crippen LogP contribution in [-0.4, -0.2) is 19.9 Å². The maximum absolute atomic E-state index is 6.71. The molecule has 0 saturated carbocycles. The van der Waals surface area contributed by atoms with Crippen molar-refractivity contribution in [3.05, 3.63) is 170 Å². The van der Waals surface area contributed by atoms with E-state index in [2.05, 4.69) is 89.9 Å². The van der Waals surface area contributed by atoms with Gasteiger partial charge in [0.25, 0.3) is 0 Å². The average Bonchev–Trinajstić information content (AvgIpc) is 3.98. The van der Waals surface area contributed by atoms with Crippen molar-refractivity contribution in [3.8, 4) is 56.4 Å². The number of para-hydroxylation sites is 3. The number of nitrogens with zero attached hydrogens (tertiary/aromatic N) is 4. The third-order valence-electron chi connectivity index (χ3n) is 10.9. The Morgan fingerprint density at radius 1 is 0.333 bits per heavy atom. The first-order valence-corrected chi connectivity index (χ1v) is 18.8. The van der Waals surface area contributed by atoms with Crippen molar-refractivity contribution >= 4 is 65.8 Å². The van der Waals surface area contributed by atoms with E-state index in [1.54, 1.807) is 12.4 Å². The third-order valence-corrected chi connectivity index (χ3v) is 10.9. The number of rotatable bonds is 5. The van der Waals surface area contributed by atoms with E-state index >= 15 is 0 Å². The van der Waals surface area contributed by atoms with Gasteiger partial charge in [0.05, 0.1) is 0 Å². The summed E-state index contributed by atoms with van der Waals surface area (Å²) in [4.78, 5) is 19.2. The molecule has 0 fully saturated rings. The SMILES string of the molecule is c1cncc(-c2nc(-c3ccc(-c4ccc(-c5cccc6oc7ccccc7c56)c5c4oc4ccccc45)cc3)nc(-c3ccc4c(c3)oc3ccccc34)n2)c1. The highest BCUT2D eigenvalue weighted by Crippen LogP contribution is 2.45. The van der Waals surface area contributed by atoms with Gasteiger partial charge in [-0.3, -0.25) is 4.98 Å². The highest BCUT2D eigenvalue weighted by Gasteiger charge is 2.21. The lowest BCUT2D eigenvalue weighted by Crippen LogP contribution is -2.00. The lowest BCUT2D eigenvalue weighted by Gasteiger charge is -2.11.